The number of nitrogens with one attached hydrogen (secondary N) is 1. The first-order valence-electron chi connectivity index (χ1n) is 9.97. The third kappa shape index (κ3) is 4.93. The van der Waals surface area contributed by atoms with E-state index in [0.29, 0.717) is 30.2 Å². The van der Waals surface area contributed by atoms with Crippen molar-refractivity contribution in [1.82, 2.24) is 10.2 Å². The van der Waals surface area contributed by atoms with Crippen molar-refractivity contribution in [2.45, 2.75) is 19.6 Å². The van der Waals surface area contributed by atoms with Crippen LogP contribution >= 0.6 is 0 Å². The number of furan rings is 1. The summed E-state index contributed by atoms with van der Waals surface area (Å²) in [5, 5.41) is 11.4. The number of carbonyl (C=O) groups excluding carboxylic acids is 2. The van der Waals surface area contributed by atoms with Crippen LogP contribution in [0.25, 0.3) is 0 Å². The molecule has 0 spiro atoms. The molecule has 0 unspecified atom stereocenters. The highest BCUT2D eigenvalue weighted by atomic mass is 16.5. The fourth-order valence-corrected chi connectivity index (χ4v) is 3.42. The van der Waals surface area contributed by atoms with E-state index in [4.69, 9.17) is 14.4 Å². The van der Waals surface area contributed by atoms with Crippen LogP contribution in [0.3, 0.4) is 0 Å². The Morgan fingerprint density at radius 2 is 1.84 bits per heavy atom. The Bertz CT molecular complexity index is 1130. The number of rotatable bonds is 6. The number of carbonyl (C=O) groups is 2. The number of ether oxygens (including phenoxy) is 1. The lowest BCUT2D eigenvalue weighted by atomic mass is 10.00. The van der Waals surface area contributed by atoms with Crippen LogP contribution < -0.4 is 10.1 Å². The van der Waals surface area contributed by atoms with Crippen LogP contribution in [-0.2, 0) is 24.4 Å². The molecule has 0 saturated carbocycles. The molecule has 1 aliphatic heterocycles. The Kier molecular flexibility index (Phi) is 5.99. The van der Waals surface area contributed by atoms with Gasteiger partial charge in [-0.25, -0.2) is 0 Å². The molecule has 0 atom stereocenters. The van der Waals surface area contributed by atoms with E-state index in [9.17, 15) is 9.59 Å². The maximum atomic E-state index is 12.5. The molecule has 4 rings (SSSR count). The maximum absolute atomic E-state index is 12.5. The van der Waals surface area contributed by atoms with Crippen LogP contribution in [0.5, 0.6) is 5.75 Å². The summed E-state index contributed by atoms with van der Waals surface area (Å²) in [6.07, 6.45) is 0.816. The smallest absolute Gasteiger partial charge is 0.287 e. The summed E-state index contributed by atoms with van der Waals surface area (Å²) in [6, 6.07) is 20.0. The van der Waals surface area contributed by atoms with E-state index in [1.807, 2.05) is 24.3 Å². The maximum Gasteiger partial charge on any atom is 0.287 e. The lowest BCUT2D eigenvalue weighted by Gasteiger charge is -2.28. The number of nitrogens with zero attached hydrogens (tertiary/aromatic N) is 2. The summed E-state index contributed by atoms with van der Waals surface area (Å²) >= 11 is 0. The van der Waals surface area contributed by atoms with Gasteiger partial charge in [0.1, 0.15) is 18.1 Å². The van der Waals surface area contributed by atoms with Crippen LogP contribution in [0, 0.1) is 11.3 Å². The topological polar surface area (TPSA) is 95.6 Å². The van der Waals surface area contributed by atoms with Gasteiger partial charge in [-0.2, -0.15) is 5.26 Å². The van der Waals surface area contributed by atoms with Crippen molar-refractivity contribution >= 4 is 11.8 Å². The molecule has 7 heteroatoms. The van der Waals surface area contributed by atoms with Gasteiger partial charge in [0.15, 0.2) is 5.76 Å². The fraction of sp³-hybridized carbons (Fsp3) is 0.208. The summed E-state index contributed by atoms with van der Waals surface area (Å²) in [4.78, 5) is 26.6. The van der Waals surface area contributed by atoms with Crippen molar-refractivity contribution in [3.8, 4) is 11.8 Å². The van der Waals surface area contributed by atoms with Gasteiger partial charge in [-0.3, -0.25) is 9.59 Å². The van der Waals surface area contributed by atoms with E-state index in [1.54, 1.807) is 41.3 Å². The standard InChI is InChI=1S/C24H21N3O4/c25-13-17-5-7-20(8-6-17)30-16-21-9-10-22(31-21)24(29)26-14-23(28)27-12-11-18-3-1-2-4-19(18)15-27/h1-10H,11-12,14-16H2,(H,26,29). The van der Waals surface area contributed by atoms with E-state index in [2.05, 4.69) is 11.4 Å². The quantitative estimate of drug-likeness (QED) is 0.668. The first kappa shape index (κ1) is 20.2. The van der Waals surface area contributed by atoms with Crippen LogP contribution in [0.2, 0.25) is 0 Å². The number of hydrogen-bond acceptors (Lipinski definition) is 5. The minimum absolute atomic E-state index is 0.0845. The van der Waals surface area contributed by atoms with Gasteiger partial charge < -0.3 is 19.4 Å². The number of hydrogen-bond donors (Lipinski definition) is 1. The van der Waals surface area contributed by atoms with Crippen LogP contribution in [0.1, 0.15) is 33.0 Å². The molecule has 0 bridgehead atoms. The first-order chi connectivity index (χ1) is 15.1. The third-order valence-corrected chi connectivity index (χ3v) is 5.13. The second-order valence-electron chi connectivity index (χ2n) is 7.21. The highest BCUT2D eigenvalue weighted by molar-refractivity contribution is 5.94. The number of amides is 2. The van der Waals surface area contributed by atoms with Gasteiger partial charge >= 0.3 is 0 Å². The molecule has 0 fully saturated rings. The summed E-state index contributed by atoms with van der Waals surface area (Å²) in [7, 11) is 0. The number of nitriles is 1. The van der Waals surface area contributed by atoms with E-state index in [0.717, 1.165) is 12.0 Å². The highest BCUT2D eigenvalue weighted by Gasteiger charge is 2.21. The molecule has 31 heavy (non-hydrogen) atoms. The molecule has 156 valence electrons. The molecular weight excluding hydrogens is 394 g/mol. The van der Waals surface area contributed by atoms with E-state index in [1.165, 1.54) is 5.56 Å². The van der Waals surface area contributed by atoms with E-state index >= 15 is 0 Å². The molecule has 1 aliphatic rings. The lowest BCUT2D eigenvalue weighted by Crippen LogP contribution is -2.42. The van der Waals surface area contributed by atoms with Crippen LogP contribution in [0.15, 0.2) is 65.1 Å². The minimum Gasteiger partial charge on any atom is -0.486 e. The lowest BCUT2D eigenvalue weighted by molar-refractivity contribution is -0.131. The van der Waals surface area contributed by atoms with Crippen molar-refractivity contribution in [2.75, 3.05) is 13.1 Å². The predicted octanol–water partition coefficient (Wildman–Crippen LogP) is 3.04. The van der Waals surface area contributed by atoms with E-state index in [-0.39, 0.29) is 24.8 Å². The van der Waals surface area contributed by atoms with Gasteiger partial charge in [-0.1, -0.05) is 24.3 Å². The van der Waals surface area contributed by atoms with Gasteiger partial charge in [0.05, 0.1) is 18.2 Å². The van der Waals surface area contributed by atoms with Crippen molar-refractivity contribution in [2.24, 2.45) is 0 Å². The molecule has 3 aromatic rings. The second kappa shape index (κ2) is 9.18. The summed E-state index contributed by atoms with van der Waals surface area (Å²) in [6.45, 7) is 1.26. The predicted molar refractivity (Wildman–Crippen MR) is 112 cm³/mol. The number of benzene rings is 2. The Morgan fingerprint density at radius 3 is 2.61 bits per heavy atom. The van der Waals surface area contributed by atoms with Crippen LogP contribution in [0.4, 0.5) is 0 Å². The van der Waals surface area contributed by atoms with Gasteiger partial charge in [0.25, 0.3) is 5.91 Å². The molecule has 2 aromatic carbocycles. The summed E-state index contributed by atoms with van der Waals surface area (Å²) < 4.78 is 11.1. The van der Waals surface area contributed by atoms with E-state index < -0.39 is 5.91 Å². The molecule has 1 aromatic heterocycles. The van der Waals surface area contributed by atoms with Crippen molar-refractivity contribution in [3.05, 3.63) is 88.9 Å². The Hall–Kier alpha value is -4.05. The molecule has 7 nitrogen and oxygen atoms in total. The third-order valence-electron chi connectivity index (χ3n) is 5.13. The first-order valence-corrected chi connectivity index (χ1v) is 9.97. The molecule has 0 aliphatic carbocycles. The second-order valence-corrected chi connectivity index (χ2v) is 7.21. The van der Waals surface area contributed by atoms with Gasteiger partial charge in [0, 0.05) is 13.1 Å². The summed E-state index contributed by atoms with van der Waals surface area (Å²) in [5.74, 6) is 0.618. The summed E-state index contributed by atoms with van der Waals surface area (Å²) in [5.41, 5.74) is 2.96. The molecule has 0 saturated heterocycles. The number of fused-ring (bicyclic) bond motifs is 1. The Balaban J connectivity index is 1.26. The van der Waals surface area contributed by atoms with Gasteiger partial charge in [-0.05, 0) is 53.9 Å². The van der Waals surface area contributed by atoms with Gasteiger partial charge in [-0.15, -0.1) is 0 Å². The molecular formula is C24H21N3O4. The average Bonchev–Trinajstić information content (AvgIpc) is 3.30. The zero-order chi connectivity index (χ0) is 21.6. The van der Waals surface area contributed by atoms with Crippen molar-refractivity contribution < 1.29 is 18.7 Å². The molecule has 1 N–H and O–H groups in total. The van der Waals surface area contributed by atoms with Gasteiger partial charge in [0.2, 0.25) is 5.91 Å². The molecule has 2 amide bonds. The minimum atomic E-state index is -0.449. The molecule has 2 heterocycles. The zero-order valence-corrected chi connectivity index (χ0v) is 16.8. The normalized spacial score (nSPS) is 12.5. The average molecular weight is 415 g/mol. The Labute approximate surface area is 179 Å². The zero-order valence-electron chi connectivity index (χ0n) is 16.8. The van der Waals surface area contributed by atoms with Crippen LogP contribution in [-0.4, -0.2) is 29.8 Å². The fourth-order valence-electron chi connectivity index (χ4n) is 3.42. The van der Waals surface area contributed by atoms with Crippen molar-refractivity contribution in [3.63, 3.8) is 0 Å². The highest BCUT2D eigenvalue weighted by Crippen LogP contribution is 2.18. The Morgan fingerprint density at radius 1 is 1.06 bits per heavy atom. The monoisotopic (exact) mass is 415 g/mol. The molecule has 0 radical (unpaired) electrons. The van der Waals surface area contributed by atoms with Crippen molar-refractivity contribution in [1.29, 1.82) is 5.26 Å². The largest absolute Gasteiger partial charge is 0.486 e. The SMILES string of the molecule is N#Cc1ccc(OCc2ccc(C(=O)NCC(=O)N3CCc4ccccc4C3)o2)cc1.